The zero-order valence-corrected chi connectivity index (χ0v) is 8.60. The summed E-state index contributed by atoms with van der Waals surface area (Å²) in [5, 5.41) is 12.4. The maximum atomic E-state index is 12.9. The van der Waals surface area contributed by atoms with Crippen LogP contribution in [0.1, 0.15) is 16.1 Å². The lowest BCUT2D eigenvalue weighted by Gasteiger charge is -2.02. The molecule has 1 heterocycles. The maximum Gasteiger partial charge on any atom is 0.356 e. The van der Waals surface area contributed by atoms with Gasteiger partial charge in [0.15, 0.2) is 5.69 Å². The molecule has 17 heavy (non-hydrogen) atoms. The van der Waals surface area contributed by atoms with Gasteiger partial charge in [0.25, 0.3) is 0 Å². The smallest absolute Gasteiger partial charge is 0.356 e. The highest BCUT2D eigenvalue weighted by Gasteiger charge is 2.07. The predicted octanol–water partition coefficient (Wildman–Crippen LogP) is 1.91. The van der Waals surface area contributed by atoms with Gasteiger partial charge < -0.3 is 5.11 Å². The average Bonchev–Trinajstić information content (AvgIpc) is 2.64. The third-order valence-corrected chi connectivity index (χ3v) is 2.13. The maximum absolute atomic E-state index is 12.9. The number of hydrogen-bond acceptors (Lipinski definition) is 2. The molecule has 6 heteroatoms. The van der Waals surface area contributed by atoms with Crippen molar-refractivity contribution in [2.45, 2.75) is 6.54 Å². The molecule has 0 bridgehead atoms. The third kappa shape index (κ3) is 2.66. The third-order valence-electron chi connectivity index (χ3n) is 2.13. The molecular formula is C11H8F2N2O2. The molecule has 0 saturated heterocycles. The summed E-state index contributed by atoms with van der Waals surface area (Å²) in [6.07, 6.45) is 1.44. The van der Waals surface area contributed by atoms with Gasteiger partial charge in [-0.1, -0.05) is 0 Å². The number of aromatic carboxylic acids is 1. The lowest BCUT2D eigenvalue weighted by Crippen LogP contribution is -2.04. The van der Waals surface area contributed by atoms with Crippen LogP contribution in [-0.4, -0.2) is 20.9 Å². The van der Waals surface area contributed by atoms with Crippen LogP contribution in [0.25, 0.3) is 0 Å². The van der Waals surface area contributed by atoms with Crippen molar-refractivity contribution in [2.24, 2.45) is 0 Å². The van der Waals surface area contributed by atoms with Crippen molar-refractivity contribution in [1.29, 1.82) is 0 Å². The first-order chi connectivity index (χ1) is 8.04. The molecule has 1 aromatic carbocycles. The van der Waals surface area contributed by atoms with Crippen molar-refractivity contribution in [3.8, 4) is 0 Å². The summed E-state index contributed by atoms with van der Waals surface area (Å²) in [5.41, 5.74) is 0.268. The highest BCUT2D eigenvalue weighted by atomic mass is 19.1. The molecule has 0 unspecified atom stereocenters. The van der Waals surface area contributed by atoms with Gasteiger partial charge in [-0.2, -0.15) is 5.10 Å². The van der Waals surface area contributed by atoms with E-state index in [1.54, 1.807) is 0 Å². The predicted molar refractivity (Wildman–Crippen MR) is 54.6 cm³/mol. The molecule has 0 saturated carbocycles. The number of carboxylic acid groups (broad SMARTS) is 1. The molecule has 4 nitrogen and oxygen atoms in total. The number of aromatic nitrogens is 2. The molecule has 0 amide bonds. The van der Waals surface area contributed by atoms with E-state index in [9.17, 15) is 13.6 Å². The van der Waals surface area contributed by atoms with E-state index in [4.69, 9.17) is 5.11 Å². The molecule has 88 valence electrons. The number of benzene rings is 1. The zero-order chi connectivity index (χ0) is 12.4. The molecule has 2 rings (SSSR count). The Balaban J connectivity index is 2.22. The van der Waals surface area contributed by atoms with E-state index in [1.807, 2.05) is 0 Å². The quantitative estimate of drug-likeness (QED) is 0.888. The van der Waals surface area contributed by atoms with Gasteiger partial charge in [0.05, 0.1) is 6.54 Å². The van der Waals surface area contributed by atoms with Crippen LogP contribution >= 0.6 is 0 Å². The SMILES string of the molecule is O=C(O)c1ccn(Cc2cc(F)cc(F)c2)n1. The number of rotatable bonds is 3. The number of nitrogens with zero attached hydrogens (tertiary/aromatic N) is 2. The molecule has 0 fully saturated rings. The minimum absolute atomic E-state index is 0.109. The van der Waals surface area contributed by atoms with Crippen LogP contribution in [-0.2, 0) is 6.54 Å². The first kappa shape index (κ1) is 11.3. The van der Waals surface area contributed by atoms with Gasteiger partial charge >= 0.3 is 5.97 Å². The van der Waals surface area contributed by atoms with Gasteiger partial charge in [-0.25, -0.2) is 13.6 Å². The molecule has 0 spiro atoms. The Bertz CT molecular complexity index is 546. The number of carboxylic acids is 1. The second kappa shape index (κ2) is 4.32. The Morgan fingerprint density at radius 3 is 2.47 bits per heavy atom. The first-order valence-corrected chi connectivity index (χ1v) is 4.76. The van der Waals surface area contributed by atoms with E-state index in [-0.39, 0.29) is 12.2 Å². The van der Waals surface area contributed by atoms with E-state index >= 15 is 0 Å². The Kier molecular flexibility index (Phi) is 2.86. The van der Waals surface area contributed by atoms with Gasteiger partial charge in [-0.15, -0.1) is 0 Å². The molecule has 1 N–H and O–H groups in total. The van der Waals surface area contributed by atoms with Crippen molar-refractivity contribution in [3.05, 3.63) is 53.4 Å². The zero-order valence-electron chi connectivity index (χ0n) is 8.60. The Morgan fingerprint density at radius 2 is 1.94 bits per heavy atom. The molecule has 0 aliphatic carbocycles. The summed E-state index contributed by atoms with van der Waals surface area (Å²) in [6.45, 7) is 0.113. The lowest BCUT2D eigenvalue weighted by atomic mass is 10.2. The van der Waals surface area contributed by atoms with Crippen molar-refractivity contribution in [2.75, 3.05) is 0 Å². The fourth-order valence-corrected chi connectivity index (χ4v) is 1.45. The largest absolute Gasteiger partial charge is 0.476 e. The normalized spacial score (nSPS) is 10.5. The summed E-state index contributed by atoms with van der Waals surface area (Å²) in [4.78, 5) is 10.6. The molecule has 0 aliphatic rings. The Hall–Kier alpha value is -2.24. The minimum Gasteiger partial charge on any atom is -0.476 e. The van der Waals surface area contributed by atoms with E-state index in [2.05, 4.69) is 5.10 Å². The molecule has 2 aromatic rings. The van der Waals surface area contributed by atoms with Crippen LogP contribution < -0.4 is 0 Å². The Labute approximate surface area is 95.1 Å². The molecular weight excluding hydrogens is 230 g/mol. The fraction of sp³-hybridized carbons (Fsp3) is 0.0909. The molecule has 0 radical (unpaired) electrons. The summed E-state index contributed by atoms with van der Waals surface area (Å²) < 4.78 is 27.1. The van der Waals surface area contributed by atoms with E-state index in [0.29, 0.717) is 5.56 Å². The van der Waals surface area contributed by atoms with Crippen LogP contribution in [0.4, 0.5) is 8.78 Å². The summed E-state index contributed by atoms with van der Waals surface area (Å²) in [5.74, 6) is -2.49. The Morgan fingerprint density at radius 1 is 1.29 bits per heavy atom. The molecule has 0 atom stereocenters. The second-order valence-electron chi connectivity index (χ2n) is 3.48. The van der Waals surface area contributed by atoms with Crippen LogP contribution in [0.15, 0.2) is 30.5 Å². The van der Waals surface area contributed by atoms with Crippen LogP contribution in [0.3, 0.4) is 0 Å². The standard InChI is InChI=1S/C11H8F2N2O2/c12-8-3-7(4-9(13)5-8)6-15-2-1-10(14-15)11(16)17/h1-5H,6H2,(H,16,17). The second-order valence-corrected chi connectivity index (χ2v) is 3.48. The fourth-order valence-electron chi connectivity index (χ4n) is 1.45. The molecule has 0 aliphatic heterocycles. The van der Waals surface area contributed by atoms with Gasteiger partial charge in [0.1, 0.15) is 11.6 Å². The summed E-state index contributed by atoms with van der Waals surface area (Å²) >= 11 is 0. The van der Waals surface area contributed by atoms with Gasteiger partial charge in [-0.05, 0) is 23.8 Å². The van der Waals surface area contributed by atoms with Gasteiger partial charge in [0, 0.05) is 12.3 Å². The highest BCUT2D eigenvalue weighted by Crippen LogP contribution is 2.09. The average molecular weight is 238 g/mol. The summed E-state index contributed by atoms with van der Waals surface area (Å²) in [7, 11) is 0. The molecule has 1 aromatic heterocycles. The van der Waals surface area contributed by atoms with Crippen LogP contribution in [0, 0.1) is 11.6 Å². The van der Waals surface area contributed by atoms with Crippen molar-refractivity contribution < 1.29 is 18.7 Å². The minimum atomic E-state index is -1.14. The van der Waals surface area contributed by atoms with Crippen molar-refractivity contribution in [3.63, 3.8) is 0 Å². The van der Waals surface area contributed by atoms with Crippen LogP contribution in [0.5, 0.6) is 0 Å². The van der Waals surface area contributed by atoms with Crippen molar-refractivity contribution >= 4 is 5.97 Å². The summed E-state index contributed by atoms with van der Waals surface area (Å²) in [6, 6.07) is 4.43. The van der Waals surface area contributed by atoms with Gasteiger partial charge in [0.2, 0.25) is 0 Å². The number of carbonyl (C=O) groups is 1. The van der Waals surface area contributed by atoms with E-state index in [0.717, 1.165) is 6.07 Å². The van der Waals surface area contributed by atoms with E-state index < -0.39 is 17.6 Å². The monoisotopic (exact) mass is 238 g/mol. The van der Waals surface area contributed by atoms with Gasteiger partial charge in [-0.3, -0.25) is 4.68 Å². The topological polar surface area (TPSA) is 55.1 Å². The highest BCUT2D eigenvalue weighted by molar-refractivity contribution is 5.85. The lowest BCUT2D eigenvalue weighted by molar-refractivity contribution is 0.0689. The van der Waals surface area contributed by atoms with Crippen molar-refractivity contribution in [1.82, 2.24) is 9.78 Å². The van der Waals surface area contributed by atoms with Crippen LogP contribution in [0.2, 0.25) is 0 Å². The number of halogens is 2. The first-order valence-electron chi connectivity index (χ1n) is 4.76. The number of hydrogen-bond donors (Lipinski definition) is 1. The van der Waals surface area contributed by atoms with E-state index in [1.165, 1.54) is 29.1 Å².